The van der Waals surface area contributed by atoms with Gasteiger partial charge >= 0.3 is 19.7 Å². The molecule has 0 fully saturated rings. The van der Waals surface area contributed by atoms with E-state index in [0.717, 1.165) is 5.56 Å². The number of benzene rings is 2. The number of aliphatic carboxylic acids is 1. The molecule has 0 aliphatic rings. The molecule has 0 heterocycles. The van der Waals surface area contributed by atoms with Crippen molar-refractivity contribution in [2.24, 2.45) is 0 Å². The lowest BCUT2D eigenvalue weighted by Gasteiger charge is -2.37. The highest BCUT2D eigenvalue weighted by molar-refractivity contribution is 7.99. The van der Waals surface area contributed by atoms with Gasteiger partial charge in [0.25, 0.3) is 6.47 Å². The van der Waals surface area contributed by atoms with Gasteiger partial charge in [-0.05, 0) is 11.1 Å². The molecule has 0 spiro atoms. The van der Waals surface area contributed by atoms with Crippen LogP contribution in [0.1, 0.15) is 36.3 Å². The van der Waals surface area contributed by atoms with Gasteiger partial charge in [0.05, 0.1) is 18.6 Å². The van der Waals surface area contributed by atoms with Crippen LogP contribution < -0.4 is 10.6 Å². The molecule has 0 radical (unpaired) electrons. The molecular formula is C35H47Cl4N4O10PS. The fourth-order valence-electron chi connectivity index (χ4n) is 5.14. The Morgan fingerprint density at radius 2 is 1.42 bits per heavy atom. The number of carbonyl (C=O) groups is 5. The number of amides is 2. The molecule has 20 heteroatoms. The second-order valence-electron chi connectivity index (χ2n) is 11.6. The van der Waals surface area contributed by atoms with Crippen LogP contribution in [0.25, 0.3) is 0 Å². The molecule has 0 aliphatic carbocycles. The number of carbonyl (C=O) groups excluding carboxylic acids is 4. The monoisotopic (exact) mass is 886 g/mol. The molecule has 0 aliphatic heterocycles. The zero-order valence-corrected chi connectivity index (χ0v) is 34.8. The Morgan fingerprint density at radius 3 is 1.95 bits per heavy atom. The van der Waals surface area contributed by atoms with E-state index in [4.69, 9.17) is 60.4 Å². The van der Waals surface area contributed by atoms with Gasteiger partial charge in [-0.15, -0.1) is 46.4 Å². The molecule has 2 amide bonds. The van der Waals surface area contributed by atoms with E-state index in [0.29, 0.717) is 5.56 Å². The van der Waals surface area contributed by atoms with Gasteiger partial charge in [-0.2, -0.15) is 11.8 Å². The first-order chi connectivity index (χ1) is 26.5. The number of rotatable bonds is 30. The lowest BCUT2D eigenvalue weighted by atomic mass is 9.92. The summed E-state index contributed by atoms with van der Waals surface area (Å²) in [5, 5.41) is 15.0. The van der Waals surface area contributed by atoms with E-state index in [1.807, 2.05) is 6.07 Å². The average molecular weight is 889 g/mol. The summed E-state index contributed by atoms with van der Waals surface area (Å²) in [6.07, 6.45) is -2.96. The third kappa shape index (κ3) is 18.0. The van der Waals surface area contributed by atoms with Crippen LogP contribution >= 0.6 is 65.8 Å². The maximum absolute atomic E-state index is 14.3. The molecule has 2 rings (SSSR count). The number of nitrogens with zero attached hydrogens (tertiary/aromatic N) is 2. The zero-order chi connectivity index (χ0) is 40.5. The van der Waals surface area contributed by atoms with Gasteiger partial charge in [0, 0.05) is 80.5 Å². The molecule has 0 unspecified atom stereocenters. The van der Waals surface area contributed by atoms with Crippen LogP contribution in [0.3, 0.4) is 0 Å². The summed E-state index contributed by atoms with van der Waals surface area (Å²) >= 11 is 25.2. The smallest absolute Gasteiger partial charge is 0.410 e. The van der Waals surface area contributed by atoms with E-state index < -0.39 is 56.0 Å². The fraction of sp³-hybridized carbons (Fsp3) is 0.514. The predicted octanol–water partition coefficient (Wildman–Crippen LogP) is 5.92. The summed E-state index contributed by atoms with van der Waals surface area (Å²) in [4.78, 5) is 62.5. The van der Waals surface area contributed by atoms with Gasteiger partial charge in [-0.1, -0.05) is 60.7 Å². The Bertz CT molecular complexity index is 1480. The third-order valence-corrected chi connectivity index (χ3v) is 12.3. The van der Waals surface area contributed by atoms with Crippen LogP contribution in [0.5, 0.6) is 0 Å². The molecule has 2 aromatic rings. The first-order valence-corrected chi connectivity index (χ1v) is 22.1. The standard InChI is InChI=1S/C35H47Cl4N4O10PS/c36-13-17-42(18-14-37)54(50,43(19-15-38)20-16-39)53-21-22-55-25-30(31(45)23-29(34(47)48)28-9-5-2-6-10-28)40-32(46)11-12-33(52-26-44)41-35(49)51-24-27-7-3-1-4-8-27/h1-10,26,29-30,33H,11-25H2,(H,40,46)(H,41,49)(H,47,48)/t29-,30+,33-/m1/s1. The summed E-state index contributed by atoms with van der Waals surface area (Å²) in [6.45, 7) is 0.917. The van der Waals surface area contributed by atoms with Crippen molar-refractivity contribution in [2.45, 2.75) is 44.1 Å². The first-order valence-electron chi connectivity index (χ1n) is 17.3. The van der Waals surface area contributed by atoms with Crippen molar-refractivity contribution in [3.05, 3.63) is 71.8 Å². The maximum Gasteiger partial charge on any atom is 0.410 e. The Hall–Kier alpha value is -2.59. The number of carboxylic acid groups (broad SMARTS) is 1. The van der Waals surface area contributed by atoms with Gasteiger partial charge in [-0.25, -0.2) is 14.1 Å². The number of ketones is 1. The zero-order valence-electron chi connectivity index (χ0n) is 30.1. The van der Waals surface area contributed by atoms with E-state index >= 15 is 0 Å². The third-order valence-electron chi connectivity index (χ3n) is 7.83. The molecule has 14 nitrogen and oxygen atoms in total. The van der Waals surface area contributed by atoms with Gasteiger partial charge in [0.1, 0.15) is 6.61 Å². The summed E-state index contributed by atoms with van der Waals surface area (Å²) in [7, 11) is -3.69. The lowest BCUT2D eigenvalue weighted by molar-refractivity contribution is -0.141. The molecule has 0 aromatic heterocycles. The van der Waals surface area contributed by atoms with Crippen LogP contribution in [0.4, 0.5) is 4.79 Å². The maximum atomic E-state index is 14.3. The molecular weight excluding hydrogens is 841 g/mol. The number of hydrogen-bond donors (Lipinski definition) is 3. The van der Waals surface area contributed by atoms with Crippen LogP contribution in [0, 0.1) is 0 Å². The number of nitrogens with one attached hydrogen (secondary N) is 2. The SMILES string of the molecule is O=CO[C@H](CCC(=O)N[C@@H](CSCCOP(=O)(N(CCCl)CCCl)N(CCCl)CCCl)C(=O)C[C@@H](C(=O)O)c1ccccc1)NC(=O)OCc1ccccc1. The van der Waals surface area contributed by atoms with E-state index in [2.05, 4.69) is 10.6 Å². The number of halogens is 4. The molecule has 55 heavy (non-hydrogen) atoms. The van der Waals surface area contributed by atoms with Crippen molar-refractivity contribution < 1.29 is 47.6 Å². The summed E-state index contributed by atoms with van der Waals surface area (Å²) in [6, 6.07) is 16.0. The second kappa shape index (κ2) is 27.9. The van der Waals surface area contributed by atoms with Crippen LogP contribution in [0.2, 0.25) is 0 Å². The van der Waals surface area contributed by atoms with Crippen LogP contribution in [-0.2, 0) is 44.3 Å². The quantitative estimate of drug-likeness (QED) is 0.0277. The summed E-state index contributed by atoms with van der Waals surface area (Å²) < 4.78 is 33.6. The topological polar surface area (TPSA) is 181 Å². The number of Topliss-reactive ketones (excluding diaryl/α,β-unsaturated/α-hetero) is 1. The highest BCUT2D eigenvalue weighted by Gasteiger charge is 2.38. The van der Waals surface area contributed by atoms with Gasteiger partial charge in [0.2, 0.25) is 5.91 Å². The van der Waals surface area contributed by atoms with E-state index in [1.54, 1.807) is 63.9 Å². The largest absolute Gasteiger partial charge is 0.481 e. The van der Waals surface area contributed by atoms with Crippen molar-refractivity contribution in [1.82, 2.24) is 20.0 Å². The van der Waals surface area contributed by atoms with E-state index in [9.17, 15) is 33.6 Å². The minimum Gasteiger partial charge on any atom is -0.481 e. The van der Waals surface area contributed by atoms with E-state index in [-0.39, 0.29) is 93.7 Å². The fourth-order valence-corrected chi connectivity index (χ4v) is 9.84. The molecule has 0 saturated heterocycles. The van der Waals surface area contributed by atoms with Crippen molar-refractivity contribution in [3.8, 4) is 0 Å². The van der Waals surface area contributed by atoms with Crippen molar-refractivity contribution in [3.63, 3.8) is 0 Å². The summed E-state index contributed by atoms with van der Waals surface area (Å²) in [5.74, 6) is -2.67. The normalized spacial score (nSPS) is 13.1. The number of alkyl halides is 4. The second-order valence-corrected chi connectivity index (χ2v) is 16.7. The van der Waals surface area contributed by atoms with Gasteiger partial charge < -0.3 is 24.4 Å². The van der Waals surface area contributed by atoms with Gasteiger partial charge in [-0.3, -0.25) is 29.1 Å². The predicted molar refractivity (Wildman–Crippen MR) is 215 cm³/mol. The number of carboxylic acids is 1. The van der Waals surface area contributed by atoms with Gasteiger partial charge in [0.15, 0.2) is 12.0 Å². The lowest BCUT2D eigenvalue weighted by Crippen LogP contribution is -2.44. The van der Waals surface area contributed by atoms with Crippen molar-refractivity contribution in [2.75, 3.05) is 67.8 Å². The van der Waals surface area contributed by atoms with Crippen LogP contribution in [-0.4, -0.2) is 125 Å². The summed E-state index contributed by atoms with van der Waals surface area (Å²) in [5.41, 5.74) is 1.15. The minimum atomic E-state index is -3.69. The van der Waals surface area contributed by atoms with Crippen LogP contribution in [0.15, 0.2) is 60.7 Å². The number of alkyl carbamates (subject to hydrolysis) is 1. The molecule has 306 valence electrons. The number of thioether (sulfide) groups is 1. The first kappa shape index (κ1) is 48.6. The number of hydrogen-bond acceptors (Lipinski definition) is 10. The number of ether oxygens (including phenoxy) is 2. The Labute approximate surface area is 345 Å². The molecule has 0 bridgehead atoms. The highest BCUT2D eigenvalue weighted by Crippen LogP contribution is 2.54. The van der Waals surface area contributed by atoms with E-state index in [1.165, 1.54) is 11.8 Å². The molecule has 3 N–H and O–H groups in total. The van der Waals surface area contributed by atoms with Crippen molar-refractivity contribution >= 4 is 96.1 Å². The molecule has 0 saturated carbocycles. The molecule has 3 atom stereocenters. The average Bonchev–Trinajstić information content (AvgIpc) is 3.18. The van der Waals surface area contributed by atoms with Crippen molar-refractivity contribution in [1.29, 1.82) is 0 Å². The Balaban J connectivity index is 2.14. The highest BCUT2D eigenvalue weighted by atomic mass is 35.5. The Morgan fingerprint density at radius 1 is 0.855 bits per heavy atom. The molecule has 2 aromatic carbocycles. The Kier molecular flexibility index (Phi) is 24.6. The minimum absolute atomic E-state index is 0.0117.